The number of rotatable bonds is 5. The van der Waals surface area contributed by atoms with E-state index in [1.807, 2.05) is 0 Å². The van der Waals surface area contributed by atoms with Crippen molar-refractivity contribution in [2.45, 2.75) is 52.1 Å². The third-order valence-corrected chi connectivity index (χ3v) is 6.68. The second-order valence-corrected chi connectivity index (χ2v) is 8.75. The molecule has 5 nitrogen and oxygen atoms in total. The van der Waals surface area contributed by atoms with Gasteiger partial charge in [-0.15, -0.1) is 24.0 Å². The molecule has 29 heavy (non-hydrogen) atoms. The smallest absolute Gasteiger partial charge is 0.194 e. The Bertz CT molecular complexity index is 651. The molecule has 1 spiro atoms. The van der Waals surface area contributed by atoms with Crippen molar-refractivity contribution >= 4 is 29.9 Å². The highest BCUT2D eigenvalue weighted by atomic mass is 127. The fourth-order valence-electron chi connectivity index (χ4n) is 5.01. The predicted molar refractivity (Wildman–Crippen MR) is 130 cm³/mol. The number of hydrogen-bond acceptors (Lipinski definition) is 3. The molecule has 2 saturated heterocycles. The molecular formula is C23H37IN4O. The van der Waals surface area contributed by atoms with Crippen molar-refractivity contribution in [1.82, 2.24) is 15.1 Å². The van der Waals surface area contributed by atoms with E-state index in [1.54, 1.807) is 0 Å². The first kappa shape index (κ1) is 22.8. The lowest BCUT2D eigenvalue weighted by Crippen LogP contribution is -2.41. The lowest BCUT2D eigenvalue weighted by molar-refractivity contribution is 0.0342. The Hall–Kier alpha value is -0.860. The summed E-state index contributed by atoms with van der Waals surface area (Å²) in [6.45, 7) is 11.0. The summed E-state index contributed by atoms with van der Waals surface area (Å²) in [5, 5.41) is 3.52. The van der Waals surface area contributed by atoms with Crippen LogP contribution < -0.4 is 5.32 Å². The van der Waals surface area contributed by atoms with Crippen LogP contribution in [0.2, 0.25) is 0 Å². The highest BCUT2D eigenvalue weighted by molar-refractivity contribution is 14.0. The van der Waals surface area contributed by atoms with Crippen LogP contribution in [-0.4, -0.2) is 61.7 Å². The van der Waals surface area contributed by atoms with Gasteiger partial charge in [-0.25, -0.2) is 4.99 Å². The quantitative estimate of drug-likeness (QED) is 0.370. The van der Waals surface area contributed by atoms with Gasteiger partial charge in [0.15, 0.2) is 5.96 Å². The van der Waals surface area contributed by atoms with E-state index in [4.69, 9.17) is 9.73 Å². The van der Waals surface area contributed by atoms with Gasteiger partial charge in [0.1, 0.15) is 0 Å². The minimum Gasteiger partial charge on any atom is -0.379 e. The van der Waals surface area contributed by atoms with Crippen LogP contribution in [-0.2, 0) is 17.8 Å². The summed E-state index contributed by atoms with van der Waals surface area (Å²) in [7, 11) is 0. The van der Waals surface area contributed by atoms with Crippen LogP contribution in [0.1, 0.15) is 50.2 Å². The summed E-state index contributed by atoms with van der Waals surface area (Å²) in [6, 6.07) is 9.00. The maximum atomic E-state index is 5.44. The van der Waals surface area contributed by atoms with E-state index in [2.05, 4.69) is 46.3 Å². The van der Waals surface area contributed by atoms with E-state index in [1.165, 1.54) is 49.8 Å². The fourth-order valence-corrected chi connectivity index (χ4v) is 5.01. The van der Waals surface area contributed by atoms with Crippen LogP contribution >= 0.6 is 24.0 Å². The van der Waals surface area contributed by atoms with Gasteiger partial charge in [0.05, 0.1) is 19.8 Å². The van der Waals surface area contributed by atoms with E-state index in [-0.39, 0.29) is 24.0 Å². The van der Waals surface area contributed by atoms with Gasteiger partial charge in [-0.1, -0.05) is 37.1 Å². The van der Waals surface area contributed by atoms with Crippen molar-refractivity contribution in [2.24, 2.45) is 10.4 Å². The molecule has 0 radical (unpaired) electrons. The molecule has 0 atom stereocenters. The Balaban J connectivity index is 0.00000240. The Morgan fingerprint density at radius 3 is 2.41 bits per heavy atom. The molecule has 1 aliphatic carbocycles. The molecule has 4 rings (SSSR count). The second-order valence-electron chi connectivity index (χ2n) is 8.75. The number of nitrogens with one attached hydrogen (secondary N) is 1. The minimum absolute atomic E-state index is 0. The monoisotopic (exact) mass is 512 g/mol. The molecule has 1 saturated carbocycles. The molecule has 3 fully saturated rings. The number of benzene rings is 1. The molecule has 2 aliphatic heterocycles. The van der Waals surface area contributed by atoms with Crippen LogP contribution in [0.3, 0.4) is 0 Å². The van der Waals surface area contributed by atoms with Crippen LogP contribution in [0.4, 0.5) is 0 Å². The first-order chi connectivity index (χ1) is 13.8. The number of guanidine groups is 1. The Morgan fingerprint density at radius 2 is 1.72 bits per heavy atom. The van der Waals surface area contributed by atoms with Crippen molar-refractivity contribution in [3.05, 3.63) is 35.4 Å². The van der Waals surface area contributed by atoms with E-state index >= 15 is 0 Å². The molecule has 0 aromatic heterocycles. The summed E-state index contributed by atoms with van der Waals surface area (Å²) in [5.74, 6) is 1.10. The standard InChI is InChI=1S/C23H36N4O.HI/c1-2-24-22(27-12-11-23(19-27)9-3-4-10-23)25-17-20-5-7-21(8-6-20)18-26-13-15-28-16-14-26;/h5-8H,2-4,9-19H2,1H3,(H,24,25);1H. The number of ether oxygens (including phenoxy) is 1. The number of aliphatic imine (C=N–C) groups is 1. The second kappa shape index (κ2) is 11.0. The maximum Gasteiger partial charge on any atom is 0.194 e. The van der Waals surface area contributed by atoms with E-state index in [0.29, 0.717) is 5.41 Å². The van der Waals surface area contributed by atoms with Crippen LogP contribution in [0, 0.1) is 5.41 Å². The van der Waals surface area contributed by atoms with E-state index in [9.17, 15) is 0 Å². The largest absolute Gasteiger partial charge is 0.379 e. The lowest BCUT2D eigenvalue weighted by Gasteiger charge is -2.26. The zero-order valence-corrected chi connectivity index (χ0v) is 20.2. The number of nitrogens with zero attached hydrogens (tertiary/aromatic N) is 3. The topological polar surface area (TPSA) is 40.1 Å². The SMILES string of the molecule is CCNC(=NCc1ccc(CN2CCOCC2)cc1)N1CCC2(CCCC2)C1.I. The molecule has 1 aromatic carbocycles. The fraction of sp³-hybridized carbons (Fsp3) is 0.696. The molecule has 0 unspecified atom stereocenters. The van der Waals surface area contributed by atoms with Crippen molar-refractivity contribution in [2.75, 3.05) is 45.9 Å². The average molecular weight is 512 g/mol. The third-order valence-electron chi connectivity index (χ3n) is 6.68. The Labute approximate surface area is 193 Å². The third kappa shape index (κ3) is 6.07. The first-order valence-corrected chi connectivity index (χ1v) is 11.2. The van der Waals surface area contributed by atoms with Gasteiger partial charge < -0.3 is 15.0 Å². The summed E-state index contributed by atoms with van der Waals surface area (Å²) >= 11 is 0. The molecule has 3 aliphatic rings. The molecule has 162 valence electrons. The number of likely N-dealkylation sites (tertiary alicyclic amines) is 1. The van der Waals surface area contributed by atoms with Gasteiger partial charge in [0.2, 0.25) is 0 Å². The zero-order valence-electron chi connectivity index (χ0n) is 17.9. The Kier molecular flexibility index (Phi) is 8.62. The van der Waals surface area contributed by atoms with Gasteiger partial charge in [0, 0.05) is 39.3 Å². The zero-order chi connectivity index (χ0) is 19.2. The molecule has 1 N–H and O–H groups in total. The van der Waals surface area contributed by atoms with Crippen molar-refractivity contribution < 1.29 is 4.74 Å². The molecule has 0 amide bonds. The van der Waals surface area contributed by atoms with Crippen LogP contribution in [0.5, 0.6) is 0 Å². The van der Waals surface area contributed by atoms with E-state index in [0.717, 1.165) is 58.4 Å². The summed E-state index contributed by atoms with van der Waals surface area (Å²) in [6.07, 6.45) is 6.99. The molecule has 1 aromatic rings. The molecular weight excluding hydrogens is 475 g/mol. The maximum absolute atomic E-state index is 5.44. The van der Waals surface area contributed by atoms with Crippen LogP contribution in [0.15, 0.2) is 29.3 Å². The van der Waals surface area contributed by atoms with Crippen molar-refractivity contribution in [3.63, 3.8) is 0 Å². The van der Waals surface area contributed by atoms with Crippen molar-refractivity contribution in [3.8, 4) is 0 Å². The van der Waals surface area contributed by atoms with Crippen LogP contribution in [0.25, 0.3) is 0 Å². The average Bonchev–Trinajstić information content (AvgIpc) is 3.37. The van der Waals surface area contributed by atoms with E-state index < -0.39 is 0 Å². The summed E-state index contributed by atoms with van der Waals surface area (Å²) in [4.78, 5) is 9.94. The molecule has 0 bridgehead atoms. The number of morpholine rings is 1. The number of halogens is 1. The Morgan fingerprint density at radius 1 is 1.03 bits per heavy atom. The minimum atomic E-state index is 0. The predicted octanol–water partition coefficient (Wildman–Crippen LogP) is 3.87. The summed E-state index contributed by atoms with van der Waals surface area (Å²) in [5.41, 5.74) is 3.25. The molecule has 2 heterocycles. The first-order valence-electron chi connectivity index (χ1n) is 11.2. The molecule has 6 heteroatoms. The van der Waals surface area contributed by atoms with Gasteiger partial charge in [0.25, 0.3) is 0 Å². The van der Waals surface area contributed by atoms with Gasteiger partial charge in [-0.05, 0) is 42.7 Å². The summed E-state index contributed by atoms with van der Waals surface area (Å²) < 4.78 is 5.44. The van der Waals surface area contributed by atoms with Crippen molar-refractivity contribution in [1.29, 1.82) is 0 Å². The van der Waals surface area contributed by atoms with Gasteiger partial charge in [-0.3, -0.25) is 4.90 Å². The number of hydrogen-bond donors (Lipinski definition) is 1. The van der Waals surface area contributed by atoms with Gasteiger partial charge in [-0.2, -0.15) is 0 Å². The van der Waals surface area contributed by atoms with Gasteiger partial charge >= 0.3 is 0 Å². The normalized spacial score (nSPS) is 22.1. The highest BCUT2D eigenvalue weighted by Gasteiger charge is 2.41. The lowest BCUT2D eigenvalue weighted by atomic mass is 9.86. The highest BCUT2D eigenvalue weighted by Crippen LogP contribution is 2.45.